The van der Waals surface area contributed by atoms with Crippen LogP contribution in [0.4, 0.5) is 34.1 Å². The first-order valence-corrected chi connectivity index (χ1v) is 18.1. The van der Waals surface area contributed by atoms with Crippen molar-refractivity contribution in [2.45, 2.75) is 9.79 Å². The number of hydrogen-bond acceptors (Lipinski definition) is 21. The van der Waals surface area contributed by atoms with Crippen LogP contribution in [0.15, 0.2) is 131 Å². The highest BCUT2D eigenvalue weighted by molar-refractivity contribution is 7.94. The van der Waals surface area contributed by atoms with Gasteiger partial charge in [0.1, 0.15) is 28.4 Å². The van der Waals surface area contributed by atoms with Crippen LogP contribution in [0.2, 0.25) is 0 Å². The second kappa shape index (κ2) is 19.7. The molecule has 0 amide bonds. The van der Waals surface area contributed by atoms with E-state index in [9.17, 15) is 24.9 Å². The van der Waals surface area contributed by atoms with Crippen molar-refractivity contribution in [3.05, 3.63) is 102 Å². The number of carbonyl (C=O) groups is 2. The molecule has 6 aromatic rings. The topological polar surface area (TPSA) is 243 Å². The van der Waals surface area contributed by atoms with Gasteiger partial charge in [0, 0.05) is 21.7 Å². The molecule has 0 atom stereocenters. The van der Waals surface area contributed by atoms with Crippen molar-refractivity contribution in [1.29, 1.82) is 0 Å². The standard InChI is InChI=1S/C38H30N6O13S2/c1-50-37(48)21-6-13-27-22(15-21)16-29(38(49)51-2)36(47)33(27)43-41-24-7-5-20-17-32(59-57-55-53-4)34(35(46)28(20)18-24)44-42-30-14-10-25(19-31(30)45)40-39-23-8-11-26(12-9-23)58-56-54-52-3/h5-19,45-47H,1-4H3. The number of carbonyl (C=O) groups excluding carboxylic acids is 2. The van der Waals surface area contributed by atoms with Gasteiger partial charge in [-0.05, 0) is 83.6 Å². The molecule has 59 heavy (non-hydrogen) atoms. The summed E-state index contributed by atoms with van der Waals surface area (Å²) in [4.78, 5) is 34.6. The van der Waals surface area contributed by atoms with Crippen LogP contribution < -0.4 is 0 Å². The van der Waals surface area contributed by atoms with Crippen molar-refractivity contribution >= 4 is 91.7 Å². The molecule has 0 spiro atoms. The zero-order valence-corrected chi connectivity index (χ0v) is 32.7. The fourth-order valence-electron chi connectivity index (χ4n) is 5.25. The van der Waals surface area contributed by atoms with Gasteiger partial charge in [0.05, 0.1) is 80.0 Å². The summed E-state index contributed by atoms with van der Waals surface area (Å²) < 4.78 is 19.4. The van der Waals surface area contributed by atoms with Gasteiger partial charge in [-0.3, -0.25) is 0 Å². The van der Waals surface area contributed by atoms with Gasteiger partial charge in [0.15, 0.2) is 11.5 Å². The molecule has 0 radical (unpaired) electrons. The molecular weight excluding hydrogens is 813 g/mol. The monoisotopic (exact) mass is 842 g/mol. The predicted octanol–water partition coefficient (Wildman–Crippen LogP) is 11.0. The normalized spacial score (nSPS) is 11.7. The molecule has 3 N–H and O–H groups in total. The third kappa shape index (κ3) is 10.1. The summed E-state index contributed by atoms with van der Waals surface area (Å²) in [5.41, 5.74) is 0.944. The number of methoxy groups -OCH3 is 2. The van der Waals surface area contributed by atoms with Crippen molar-refractivity contribution in [1.82, 2.24) is 0 Å². The van der Waals surface area contributed by atoms with Gasteiger partial charge in [-0.25, -0.2) is 19.4 Å². The molecule has 302 valence electrons. The summed E-state index contributed by atoms with van der Waals surface area (Å²) in [6, 6.07) is 23.4. The number of benzene rings is 6. The Kier molecular flexibility index (Phi) is 14.1. The fourth-order valence-corrected chi connectivity index (χ4v) is 6.21. The first-order chi connectivity index (χ1) is 28.6. The van der Waals surface area contributed by atoms with Crippen molar-refractivity contribution in [3.63, 3.8) is 0 Å². The van der Waals surface area contributed by atoms with Gasteiger partial charge in [-0.15, -0.1) is 24.0 Å². The maximum atomic E-state index is 12.6. The molecule has 0 saturated carbocycles. The lowest BCUT2D eigenvalue weighted by Gasteiger charge is -2.11. The lowest BCUT2D eigenvalue weighted by atomic mass is 10.0. The van der Waals surface area contributed by atoms with Crippen LogP contribution in [0, 0.1) is 0 Å². The first-order valence-electron chi connectivity index (χ1n) is 16.7. The van der Waals surface area contributed by atoms with Crippen molar-refractivity contribution in [2.24, 2.45) is 30.7 Å². The van der Waals surface area contributed by atoms with Crippen LogP contribution in [0.3, 0.4) is 0 Å². The number of phenols is 3. The van der Waals surface area contributed by atoms with E-state index in [-0.39, 0.29) is 55.7 Å². The van der Waals surface area contributed by atoms with Crippen LogP contribution in [-0.4, -0.2) is 55.7 Å². The van der Waals surface area contributed by atoms with E-state index in [4.69, 9.17) is 18.1 Å². The summed E-state index contributed by atoms with van der Waals surface area (Å²) in [6.45, 7) is 0. The molecule has 0 aliphatic carbocycles. The highest BCUT2D eigenvalue weighted by atomic mass is 32.2. The molecule has 0 bridgehead atoms. The minimum atomic E-state index is -0.843. The summed E-state index contributed by atoms with van der Waals surface area (Å²) in [6.07, 6.45) is 0. The number of aromatic hydroxyl groups is 3. The van der Waals surface area contributed by atoms with E-state index in [0.717, 1.165) is 24.0 Å². The van der Waals surface area contributed by atoms with Gasteiger partial charge in [-0.2, -0.15) is 15.3 Å². The molecule has 0 unspecified atom stereocenters. The Morgan fingerprint density at radius 2 is 1.19 bits per heavy atom. The Morgan fingerprint density at radius 3 is 1.90 bits per heavy atom. The molecule has 0 heterocycles. The zero-order chi connectivity index (χ0) is 41.9. The van der Waals surface area contributed by atoms with Crippen LogP contribution >= 0.6 is 24.1 Å². The number of nitrogens with zero attached hydrogens (tertiary/aromatic N) is 6. The van der Waals surface area contributed by atoms with E-state index < -0.39 is 17.7 Å². The molecule has 0 aliphatic rings. The summed E-state index contributed by atoms with van der Waals surface area (Å²) in [7, 11) is 4.94. The second-order valence-electron chi connectivity index (χ2n) is 11.6. The Labute approximate surface area is 341 Å². The van der Waals surface area contributed by atoms with E-state index in [2.05, 4.69) is 50.5 Å². The SMILES string of the molecule is COOOSc1ccc(N=Nc2ccc(N=Nc3c(SOOOC)cc4ccc(N=Nc5c(O)c(C(=O)OC)cc6cc(C(=O)OC)ccc56)cc4c3O)c(O)c2)cc1. The predicted molar refractivity (Wildman–Crippen MR) is 211 cm³/mol. The number of rotatable bonds is 16. The molecule has 21 heteroatoms. The van der Waals surface area contributed by atoms with Gasteiger partial charge < -0.3 is 24.8 Å². The fraction of sp³-hybridized carbons (Fsp3) is 0.105. The molecule has 6 aromatic carbocycles. The number of phenolic OH excluding ortho intramolecular Hbond substituents is 3. The number of ether oxygens (including phenoxy) is 2. The summed E-state index contributed by atoms with van der Waals surface area (Å²) >= 11 is 1.61. The maximum Gasteiger partial charge on any atom is 0.341 e. The molecule has 0 aliphatic heterocycles. The third-order valence-electron chi connectivity index (χ3n) is 7.99. The number of azo groups is 3. The Balaban J connectivity index is 1.30. The summed E-state index contributed by atoms with van der Waals surface area (Å²) in [5, 5.41) is 69.0. The zero-order valence-electron chi connectivity index (χ0n) is 31.1. The van der Waals surface area contributed by atoms with Crippen LogP contribution in [0.25, 0.3) is 21.5 Å². The highest BCUT2D eigenvalue weighted by Gasteiger charge is 2.21. The Morgan fingerprint density at radius 1 is 0.542 bits per heavy atom. The lowest BCUT2D eigenvalue weighted by molar-refractivity contribution is -0.447. The largest absolute Gasteiger partial charge is 0.506 e. The smallest absolute Gasteiger partial charge is 0.341 e. The third-order valence-corrected chi connectivity index (χ3v) is 9.20. The Hall–Kier alpha value is -6.56. The number of esters is 2. The van der Waals surface area contributed by atoms with E-state index in [1.54, 1.807) is 48.5 Å². The van der Waals surface area contributed by atoms with Gasteiger partial charge >= 0.3 is 11.9 Å². The number of fused-ring (bicyclic) bond motifs is 2. The quantitative estimate of drug-likeness (QED) is 0.0205. The van der Waals surface area contributed by atoms with Crippen LogP contribution in [-0.2, 0) is 38.0 Å². The number of hydrogen-bond donors (Lipinski definition) is 3. The van der Waals surface area contributed by atoms with Gasteiger partial charge in [-0.1, -0.05) is 22.2 Å². The lowest BCUT2D eigenvalue weighted by Crippen LogP contribution is -2.03. The minimum Gasteiger partial charge on any atom is -0.506 e. The van der Waals surface area contributed by atoms with Crippen LogP contribution in [0.1, 0.15) is 20.7 Å². The molecule has 0 aromatic heterocycles. The molecule has 0 saturated heterocycles. The maximum absolute atomic E-state index is 12.6. The highest BCUT2D eigenvalue weighted by Crippen LogP contribution is 2.46. The van der Waals surface area contributed by atoms with Crippen molar-refractivity contribution in [2.75, 3.05) is 28.4 Å². The molecule has 0 fully saturated rings. The van der Waals surface area contributed by atoms with Crippen LogP contribution in [0.5, 0.6) is 17.2 Å². The Bertz CT molecular complexity index is 2610. The first kappa shape index (κ1) is 42.1. The van der Waals surface area contributed by atoms with E-state index in [1.165, 1.54) is 63.8 Å². The van der Waals surface area contributed by atoms with E-state index >= 15 is 0 Å². The average Bonchev–Trinajstić information content (AvgIpc) is 3.25. The molecular formula is C38H30N6O13S2. The van der Waals surface area contributed by atoms with Crippen molar-refractivity contribution < 1.29 is 62.9 Å². The molecule has 6 rings (SSSR count). The van der Waals surface area contributed by atoms with Gasteiger partial charge in [0.25, 0.3) is 0 Å². The van der Waals surface area contributed by atoms with Crippen molar-refractivity contribution in [3.8, 4) is 17.2 Å². The average molecular weight is 843 g/mol. The van der Waals surface area contributed by atoms with E-state index in [0.29, 0.717) is 39.6 Å². The second-order valence-corrected chi connectivity index (χ2v) is 13.1. The minimum absolute atomic E-state index is 0.0376. The van der Waals surface area contributed by atoms with E-state index in [1.807, 2.05) is 0 Å². The van der Waals surface area contributed by atoms with Gasteiger partial charge in [0.2, 0.25) is 0 Å². The summed E-state index contributed by atoms with van der Waals surface area (Å²) in [5.74, 6) is -2.59. The molecule has 19 nitrogen and oxygen atoms in total.